The molecule has 1 aromatic carbocycles. The number of rotatable bonds is 9. The van der Waals surface area contributed by atoms with Gasteiger partial charge in [-0.05, 0) is 43.6 Å². The molecule has 3 N–H and O–H groups in total. The normalized spacial score (nSPS) is 21.0. The van der Waals surface area contributed by atoms with E-state index in [1.165, 1.54) is 19.4 Å². The molecule has 7 nitrogen and oxygen atoms in total. The molecule has 8 heteroatoms. The number of ether oxygens (including phenoxy) is 2. The maximum absolute atomic E-state index is 6.06. The summed E-state index contributed by atoms with van der Waals surface area (Å²) < 4.78 is 11.3. The third-order valence-corrected chi connectivity index (χ3v) is 5.53. The van der Waals surface area contributed by atoms with Gasteiger partial charge in [0.05, 0.1) is 19.8 Å². The van der Waals surface area contributed by atoms with E-state index in [0.29, 0.717) is 25.2 Å². The minimum Gasteiger partial charge on any atom is -0.492 e. The number of morpholine rings is 1. The van der Waals surface area contributed by atoms with Gasteiger partial charge in [-0.3, -0.25) is 9.80 Å². The highest BCUT2D eigenvalue weighted by atomic mass is 127. The first kappa shape index (κ1) is 24.2. The molecule has 1 unspecified atom stereocenters. The van der Waals surface area contributed by atoms with Crippen molar-refractivity contribution in [1.82, 2.24) is 15.1 Å². The molecule has 0 spiro atoms. The third-order valence-electron chi connectivity index (χ3n) is 5.53. The van der Waals surface area contributed by atoms with Gasteiger partial charge in [0.2, 0.25) is 0 Å². The fourth-order valence-electron chi connectivity index (χ4n) is 3.85. The van der Waals surface area contributed by atoms with E-state index in [0.717, 1.165) is 57.3 Å². The van der Waals surface area contributed by atoms with Crippen LogP contribution in [0.1, 0.15) is 25.3 Å². The van der Waals surface area contributed by atoms with E-state index < -0.39 is 0 Å². The van der Waals surface area contributed by atoms with Crippen LogP contribution < -0.4 is 15.8 Å². The third kappa shape index (κ3) is 8.27. The van der Waals surface area contributed by atoms with Crippen LogP contribution in [0.2, 0.25) is 0 Å². The number of nitrogens with two attached hydrogens (primary N) is 1. The Labute approximate surface area is 192 Å². The quantitative estimate of drug-likeness (QED) is 0.296. The van der Waals surface area contributed by atoms with Crippen molar-refractivity contribution >= 4 is 29.9 Å². The van der Waals surface area contributed by atoms with Crippen molar-refractivity contribution in [2.24, 2.45) is 10.7 Å². The lowest BCUT2D eigenvalue weighted by Crippen LogP contribution is -2.42. The first-order valence-corrected chi connectivity index (χ1v) is 10.5. The second-order valence-electron chi connectivity index (χ2n) is 7.46. The molecule has 164 valence electrons. The van der Waals surface area contributed by atoms with Crippen molar-refractivity contribution in [3.63, 3.8) is 0 Å². The molecule has 0 aliphatic carbocycles. The number of halogens is 1. The summed E-state index contributed by atoms with van der Waals surface area (Å²) in [6.07, 6.45) is 2.51. The molecule has 0 aromatic heterocycles. The standard InChI is InChI=1S/C21H35N5O2.HI/c1-2-26-8-4-6-19(26)17-24-21(22)23-16-18-5-3-7-20(15-18)28-14-11-25-9-12-27-13-10-25;/h3,5,7,15,19H,2,4,6,8-14,16-17H2,1H3,(H3,22,23,24);1H. The zero-order valence-corrected chi connectivity index (χ0v) is 19.8. The monoisotopic (exact) mass is 517 g/mol. The minimum atomic E-state index is 0. The first-order chi connectivity index (χ1) is 13.7. The maximum atomic E-state index is 6.06. The van der Waals surface area contributed by atoms with Crippen LogP contribution in [0.4, 0.5) is 0 Å². The van der Waals surface area contributed by atoms with Gasteiger partial charge >= 0.3 is 0 Å². The predicted molar refractivity (Wildman–Crippen MR) is 128 cm³/mol. The largest absolute Gasteiger partial charge is 0.492 e. The lowest BCUT2D eigenvalue weighted by Gasteiger charge is -2.26. The Bertz CT molecular complexity index is 625. The Hall–Kier alpha value is -1.10. The minimum absolute atomic E-state index is 0. The van der Waals surface area contributed by atoms with Gasteiger partial charge in [-0.25, -0.2) is 4.99 Å². The van der Waals surface area contributed by atoms with Crippen molar-refractivity contribution in [2.45, 2.75) is 32.4 Å². The number of nitrogens with zero attached hydrogens (tertiary/aromatic N) is 3. The summed E-state index contributed by atoms with van der Waals surface area (Å²) in [5.74, 6) is 1.40. The lowest BCUT2D eigenvalue weighted by molar-refractivity contribution is 0.0322. The zero-order valence-electron chi connectivity index (χ0n) is 17.5. The highest BCUT2D eigenvalue weighted by Gasteiger charge is 2.22. The fraction of sp³-hybridized carbons (Fsp3) is 0.667. The molecule has 1 aromatic rings. The number of guanidine groups is 1. The molecule has 1 atom stereocenters. The number of hydrogen-bond donors (Lipinski definition) is 2. The maximum Gasteiger partial charge on any atom is 0.188 e. The summed E-state index contributed by atoms with van der Waals surface area (Å²) in [7, 11) is 0. The smallest absolute Gasteiger partial charge is 0.188 e. The Morgan fingerprint density at radius 3 is 2.93 bits per heavy atom. The van der Waals surface area contributed by atoms with E-state index in [2.05, 4.69) is 33.1 Å². The summed E-state index contributed by atoms with van der Waals surface area (Å²) >= 11 is 0. The molecule has 3 rings (SSSR count). The van der Waals surface area contributed by atoms with Crippen molar-refractivity contribution in [3.05, 3.63) is 29.8 Å². The SMILES string of the molecule is CCN1CCCC1CNC(N)=NCc1cccc(OCCN2CCOCC2)c1.I. The molecule has 0 saturated carbocycles. The van der Waals surface area contributed by atoms with Gasteiger partial charge in [0.1, 0.15) is 12.4 Å². The van der Waals surface area contributed by atoms with E-state index in [1.54, 1.807) is 0 Å². The van der Waals surface area contributed by atoms with Crippen LogP contribution in [0, 0.1) is 0 Å². The molecule has 2 fully saturated rings. The lowest BCUT2D eigenvalue weighted by atomic mass is 10.2. The van der Waals surface area contributed by atoms with Gasteiger partial charge in [-0.15, -0.1) is 24.0 Å². The molecular weight excluding hydrogens is 481 g/mol. The van der Waals surface area contributed by atoms with Crippen LogP contribution in [0.5, 0.6) is 5.75 Å². The zero-order chi connectivity index (χ0) is 19.6. The molecule has 2 aliphatic heterocycles. The summed E-state index contributed by atoms with van der Waals surface area (Å²) in [4.78, 5) is 9.36. The Morgan fingerprint density at radius 1 is 1.31 bits per heavy atom. The summed E-state index contributed by atoms with van der Waals surface area (Å²) in [6.45, 7) is 11.2. The van der Waals surface area contributed by atoms with E-state index in [1.807, 2.05) is 18.2 Å². The molecular formula is C21H36IN5O2. The van der Waals surface area contributed by atoms with E-state index in [-0.39, 0.29) is 24.0 Å². The van der Waals surface area contributed by atoms with Gasteiger partial charge in [0.15, 0.2) is 5.96 Å². The number of benzene rings is 1. The number of likely N-dealkylation sites (N-methyl/N-ethyl adjacent to an activating group) is 1. The Morgan fingerprint density at radius 2 is 2.14 bits per heavy atom. The van der Waals surface area contributed by atoms with Crippen molar-refractivity contribution in [2.75, 3.05) is 59.1 Å². The number of nitrogens with one attached hydrogen (secondary N) is 1. The molecule has 0 amide bonds. The summed E-state index contributed by atoms with van der Waals surface area (Å²) in [6, 6.07) is 8.68. The van der Waals surface area contributed by atoms with Crippen LogP contribution in [0.3, 0.4) is 0 Å². The van der Waals surface area contributed by atoms with Crippen LogP contribution in [-0.4, -0.2) is 80.9 Å². The van der Waals surface area contributed by atoms with E-state index in [9.17, 15) is 0 Å². The van der Waals surface area contributed by atoms with Gasteiger partial charge in [-0.1, -0.05) is 19.1 Å². The van der Waals surface area contributed by atoms with E-state index in [4.69, 9.17) is 15.2 Å². The van der Waals surface area contributed by atoms with E-state index >= 15 is 0 Å². The van der Waals surface area contributed by atoms with Crippen molar-refractivity contribution in [1.29, 1.82) is 0 Å². The molecule has 0 radical (unpaired) electrons. The molecule has 2 saturated heterocycles. The summed E-state index contributed by atoms with van der Waals surface area (Å²) in [5, 5.41) is 3.28. The Balaban J connectivity index is 0.00000300. The van der Waals surface area contributed by atoms with Crippen LogP contribution in [-0.2, 0) is 11.3 Å². The fourth-order valence-corrected chi connectivity index (χ4v) is 3.85. The second kappa shape index (κ2) is 13.3. The van der Waals surface area contributed by atoms with Gasteiger partial charge in [0, 0.05) is 32.2 Å². The van der Waals surface area contributed by atoms with Crippen molar-refractivity contribution in [3.8, 4) is 5.75 Å². The highest BCUT2D eigenvalue weighted by Crippen LogP contribution is 2.16. The number of hydrogen-bond acceptors (Lipinski definition) is 5. The first-order valence-electron chi connectivity index (χ1n) is 10.5. The topological polar surface area (TPSA) is 75.3 Å². The second-order valence-corrected chi connectivity index (χ2v) is 7.46. The van der Waals surface area contributed by atoms with Crippen molar-refractivity contribution < 1.29 is 9.47 Å². The average molecular weight is 517 g/mol. The predicted octanol–water partition coefficient (Wildman–Crippen LogP) is 1.90. The van der Waals surface area contributed by atoms with Crippen LogP contribution in [0.15, 0.2) is 29.3 Å². The molecule has 0 bridgehead atoms. The molecule has 2 aliphatic rings. The van der Waals surface area contributed by atoms with Crippen LogP contribution in [0.25, 0.3) is 0 Å². The van der Waals surface area contributed by atoms with Gasteiger partial charge in [0.25, 0.3) is 0 Å². The summed E-state index contributed by atoms with van der Waals surface area (Å²) in [5.41, 5.74) is 7.16. The van der Waals surface area contributed by atoms with Gasteiger partial charge < -0.3 is 20.5 Å². The van der Waals surface area contributed by atoms with Gasteiger partial charge in [-0.2, -0.15) is 0 Å². The number of likely N-dealkylation sites (tertiary alicyclic amines) is 1. The number of aliphatic imine (C=N–C) groups is 1. The molecule has 2 heterocycles. The average Bonchev–Trinajstić information content (AvgIpc) is 3.19. The molecule has 29 heavy (non-hydrogen) atoms. The van der Waals surface area contributed by atoms with Crippen LogP contribution >= 0.6 is 24.0 Å². The highest BCUT2D eigenvalue weighted by molar-refractivity contribution is 14.0. The Kier molecular flexibility index (Phi) is 11.0.